The summed E-state index contributed by atoms with van der Waals surface area (Å²) < 4.78 is 0. The van der Waals surface area contributed by atoms with E-state index in [1.54, 1.807) is 0 Å². The van der Waals surface area contributed by atoms with Crippen LogP contribution in [0.2, 0.25) is 0 Å². The predicted molar refractivity (Wildman–Crippen MR) is 142 cm³/mol. The molecule has 0 fully saturated rings. The molecule has 4 aromatic rings. The van der Waals surface area contributed by atoms with E-state index in [2.05, 4.69) is 119 Å². The molecule has 0 aliphatic heterocycles. The normalized spacial score (nSPS) is 14.5. The molecule has 1 unspecified atom stereocenters. The molecular weight excluding hydrogens is 396 g/mol. The number of allylic oxidation sites excluding steroid dienone is 1. The van der Waals surface area contributed by atoms with Crippen LogP contribution in [0.15, 0.2) is 84.9 Å². The van der Waals surface area contributed by atoms with Gasteiger partial charge in [-0.1, -0.05) is 104 Å². The van der Waals surface area contributed by atoms with Crippen LogP contribution in [-0.2, 0) is 12.8 Å². The molecule has 4 aromatic carbocycles. The first kappa shape index (κ1) is 21.5. The average Bonchev–Trinajstić information content (AvgIpc) is 3.19. The molecule has 0 bridgehead atoms. The van der Waals surface area contributed by atoms with Crippen molar-refractivity contribution >= 4 is 6.08 Å². The summed E-state index contributed by atoms with van der Waals surface area (Å²) in [6.07, 6.45) is 6.64. The Balaban J connectivity index is 1.51. The molecule has 0 radical (unpaired) electrons. The van der Waals surface area contributed by atoms with Crippen molar-refractivity contribution in [2.24, 2.45) is 0 Å². The number of benzene rings is 4. The summed E-state index contributed by atoms with van der Waals surface area (Å²) in [5.41, 5.74) is 15.3. The lowest BCUT2D eigenvalue weighted by Crippen LogP contribution is -2.04. The highest BCUT2D eigenvalue weighted by molar-refractivity contribution is 5.68. The zero-order valence-corrected chi connectivity index (χ0v) is 20.2. The number of rotatable bonds is 5. The third-order valence-electron chi connectivity index (χ3n) is 7.08. The second-order valence-corrected chi connectivity index (χ2v) is 9.70. The van der Waals surface area contributed by atoms with E-state index in [-0.39, 0.29) is 0 Å². The molecule has 33 heavy (non-hydrogen) atoms. The van der Waals surface area contributed by atoms with E-state index in [1.807, 2.05) is 0 Å². The minimum Gasteiger partial charge on any atom is -0.0766 e. The van der Waals surface area contributed by atoms with Crippen LogP contribution >= 0.6 is 0 Å². The maximum atomic E-state index is 2.46. The van der Waals surface area contributed by atoms with Crippen LogP contribution in [-0.4, -0.2) is 0 Å². The predicted octanol–water partition coefficient (Wildman–Crippen LogP) is 8.59. The summed E-state index contributed by atoms with van der Waals surface area (Å²) in [6, 6.07) is 29.2. The molecule has 0 heterocycles. The molecule has 0 aromatic heterocycles. The van der Waals surface area contributed by atoms with Gasteiger partial charge >= 0.3 is 0 Å². The van der Waals surface area contributed by atoms with E-state index >= 15 is 0 Å². The highest BCUT2D eigenvalue weighted by atomic mass is 14.2. The van der Waals surface area contributed by atoms with Crippen molar-refractivity contribution < 1.29 is 0 Å². The monoisotopic (exact) mass is 428 g/mol. The first-order chi connectivity index (χ1) is 16.0. The van der Waals surface area contributed by atoms with Crippen molar-refractivity contribution in [2.45, 2.75) is 46.5 Å². The molecule has 5 rings (SSSR count). The van der Waals surface area contributed by atoms with E-state index in [1.165, 1.54) is 61.2 Å². The van der Waals surface area contributed by atoms with Crippen LogP contribution in [0.5, 0.6) is 0 Å². The highest BCUT2D eigenvalue weighted by Gasteiger charge is 2.20. The number of hydrogen-bond acceptors (Lipinski definition) is 0. The largest absolute Gasteiger partial charge is 0.0766 e. The Morgan fingerprint density at radius 2 is 1.36 bits per heavy atom. The molecule has 0 heteroatoms. The smallest absolute Gasteiger partial charge is 0.000168 e. The summed E-state index contributed by atoms with van der Waals surface area (Å²) in [5.74, 6) is 0.479. The number of hydrogen-bond donors (Lipinski definition) is 0. The van der Waals surface area contributed by atoms with Crippen LogP contribution in [0, 0.1) is 20.8 Å². The van der Waals surface area contributed by atoms with Gasteiger partial charge in [-0.3, -0.25) is 0 Å². The van der Waals surface area contributed by atoms with Gasteiger partial charge in [-0.25, -0.2) is 0 Å². The minimum absolute atomic E-state index is 0.479. The first-order valence-corrected chi connectivity index (χ1v) is 12.0. The van der Waals surface area contributed by atoms with Crippen molar-refractivity contribution in [3.05, 3.63) is 135 Å². The summed E-state index contributed by atoms with van der Waals surface area (Å²) >= 11 is 0. The van der Waals surface area contributed by atoms with E-state index in [4.69, 9.17) is 0 Å². The molecule has 0 saturated carbocycles. The fourth-order valence-electron chi connectivity index (χ4n) is 5.29. The van der Waals surface area contributed by atoms with Gasteiger partial charge in [0.15, 0.2) is 0 Å². The Kier molecular flexibility index (Phi) is 5.77. The van der Waals surface area contributed by atoms with Gasteiger partial charge in [-0.15, -0.1) is 0 Å². The average molecular weight is 429 g/mol. The first-order valence-electron chi connectivity index (χ1n) is 12.0. The van der Waals surface area contributed by atoms with Gasteiger partial charge in [-0.2, -0.15) is 0 Å². The third kappa shape index (κ3) is 4.44. The van der Waals surface area contributed by atoms with Gasteiger partial charge in [0.05, 0.1) is 0 Å². The van der Waals surface area contributed by atoms with Gasteiger partial charge in [0.25, 0.3) is 0 Å². The molecule has 1 aliphatic carbocycles. The maximum Gasteiger partial charge on any atom is 0.000168 e. The molecule has 1 atom stereocenters. The number of fused-ring (bicyclic) bond motifs is 1. The SMILES string of the molecule is Cc1ccc(Cc2cc3c(c(Cc4c(C)cc(-c5ccccc5)cc4C)c2)C(C)C=C3)cc1. The molecule has 0 N–H and O–H groups in total. The lowest BCUT2D eigenvalue weighted by Gasteiger charge is -2.19. The van der Waals surface area contributed by atoms with E-state index in [0.717, 1.165) is 12.8 Å². The van der Waals surface area contributed by atoms with Crippen LogP contribution in [0.3, 0.4) is 0 Å². The quantitative estimate of drug-likeness (QED) is 0.298. The minimum atomic E-state index is 0.479. The molecule has 164 valence electrons. The zero-order chi connectivity index (χ0) is 22.9. The van der Waals surface area contributed by atoms with Gasteiger partial charge < -0.3 is 0 Å². The zero-order valence-electron chi connectivity index (χ0n) is 20.2. The Hall–Kier alpha value is -3.38. The molecule has 0 amide bonds. The van der Waals surface area contributed by atoms with Crippen LogP contribution in [0.1, 0.15) is 62.9 Å². The van der Waals surface area contributed by atoms with E-state index in [0.29, 0.717) is 5.92 Å². The van der Waals surface area contributed by atoms with Gasteiger partial charge in [0.2, 0.25) is 0 Å². The van der Waals surface area contributed by atoms with Crippen molar-refractivity contribution in [1.29, 1.82) is 0 Å². The van der Waals surface area contributed by atoms with Gasteiger partial charge in [0.1, 0.15) is 0 Å². The van der Waals surface area contributed by atoms with Crippen molar-refractivity contribution in [3.63, 3.8) is 0 Å². The molecular formula is C33H32. The summed E-state index contributed by atoms with van der Waals surface area (Å²) in [4.78, 5) is 0. The Bertz CT molecular complexity index is 1300. The van der Waals surface area contributed by atoms with Crippen molar-refractivity contribution in [2.75, 3.05) is 0 Å². The standard InChI is InChI=1S/C33H32/c1-22-10-13-26(14-11-22)18-27-19-29-15-12-23(2)33(29)31(20-27)21-32-24(3)16-30(17-25(32)4)28-8-6-5-7-9-28/h5-17,19-20,23H,18,21H2,1-4H3. The third-order valence-corrected chi connectivity index (χ3v) is 7.08. The summed E-state index contributed by atoms with van der Waals surface area (Å²) in [5, 5.41) is 0. The summed E-state index contributed by atoms with van der Waals surface area (Å²) in [6.45, 7) is 9.01. The molecule has 0 saturated heterocycles. The fraction of sp³-hybridized carbons (Fsp3) is 0.212. The fourth-order valence-corrected chi connectivity index (χ4v) is 5.29. The summed E-state index contributed by atoms with van der Waals surface area (Å²) in [7, 11) is 0. The Morgan fingerprint density at radius 1 is 0.667 bits per heavy atom. The van der Waals surface area contributed by atoms with E-state index in [9.17, 15) is 0 Å². The molecule has 0 nitrogen and oxygen atoms in total. The van der Waals surface area contributed by atoms with Crippen LogP contribution in [0.25, 0.3) is 17.2 Å². The second-order valence-electron chi connectivity index (χ2n) is 9.70. The van der Waals surface area contributed by atoms with Crippen molar-refractivity contribution in [3.8, 4) is 11.1 Å². The number of aryl methyl sites for hydroxylation is 3. The molecule has 1 aliphatic rings. The topological polar surface area (TPSA) is 0 Å². The lowest BCUT2D eigenvalue weighted by molar-refractivity contribution is 0.946. The molecule has 0 spiro atoms. The maximum absolute atomic E-state index is 2.46. The van der Waals surface area contributed by atoms with Gasteiger partial charge in [-0.05, 0) is 89.2 Å². The Morgan fingerprint density at radius 3 is 2.06 bits per heavy atom. The van der Waals surface area contributed by atoms with Gasteiger partial charge in [0, 0.05) is 5.92 Å². The lowest BCUT2D eigenvalue weighted by atomic mass is 9.86. The second kappa shape index (κ2) is 8.87. The van der Waals surface area contributed by atoms with Crippen molar-refractivity contribution in [1.82, 2.24) is 0 Å². The Labute approximate surface area is 198 Å². The van der Waals surface area contributed by atoms with Crippen LogP contribution < -0.4 is 0 Å². The highest BCUT2D eigenvalue weighted by Crippen LogP contribution is 2.36. The van der Waals surface area contributed by atoms with E-state index < -0.39 is 0 Å². The van der Waals surface area contributed by atoms with Crippen LogP contribution in [0.4, 0.5) is 0 Å².